The van der Waals surface area contributed by atoms with Gasteiger partial charge in [0.1, 0.15) is 6.61 Å². The third-order valence-corrected chi connectivity index (χ3v) is 5.68. The van der Waals surface area contributed by atoms with Crippen molar-refractivity contribution in [2.24, 2.45) is 0 Å². The summed E-state index contributed by atoms with van der Waals surface area (Å²) in [6, 6.07) is 9.84. The van der Waals surface area contributed by atoms with Gasteiger partial charge in [0, 0.05) is 17.8 Å². The molecule has 0 radical (unpaired) electrons. The summed E-state index contributed by atoms with van der Waals surface area (Å²) in [4.78, 5) is 25.2. The quantitative estimate of drug-likeness (QED) is 0.768. The van der Waals surface area contributed by atoms with Crippen molar-refractivity contribution in [3.63, 3.8) is 0 Å². The fourth-order valence-electron chi connectivity index (χ4n) is 4.17. The number of carbonyl (C=O) groups excluding carboxylic acids is 1. The highest BCUT2D eigenvalue weighted by molar-refractivity contribution is 5.87. The van der Waals surface area contributed by atoms with Gasteiger partial charge in [0.15, 0.2) is 5.60 Å². The van der Waals surface area contributed by atoms with Gasteiger partial charge in [0.25, 0.3) is 5.56 Å². The Bertz CT molecular complexity index is 1070. The summed E-state index contributed by atoms with van der Waals surface area (Å²) >= 11 is 0. The van der Waals surface area contributed by atoms with Crippen LogP contribution in [0.5, 0.6) is 0 Å². The summed E-state index contributed by atoms with van der Waals surface area (Å²) in [5.74, 6) is -0.689. The number of ether oxygens (including phenoxy) is 1. The van der Waals surface area contributed by atoms with E-state index in [4.69, 9.17) is 4.74 Å². The number of esters is 1. The Morgan fingerprint density at radius 1 is 1.31 bits per heavy atom. The first kappa shape index (κ1) is 15.4. The van der Waals surface area contributed by atoms with E-state index in [-0.39, 0.29) is 18.6 Å². The van der Waals surface area contributed by atoms with Crippen molar-refractivity contribution in [1.29, 1.82) is 0 Å². The first-order chi connectivity index (χ1) is 12.5. The van der Waals surface area contributed by atoms with Crippen LogP contribution in [0, 0.1) is 0 Å². The van der Waals surface area contributed by atoms with Crippen LogP contribution in [0.4, 0.5) is 5.69 Å². The number of rotatable bonds is 1. The zero-order valence-corrected chi connectivity index (χ0v) is 14.3. The van der Waals surface area contributed by atoms with E-state index >= 15 is 0 Å². The molecular weight excluding hydrogens is 332 g/mol. The van der Waals surface area contributed by atoms with E-state index in [1.165, 1.54) is 5.56 Å². The van der Waals surface area contributed by atoms with Crippen LogP contribution in [0.2, 0.25) is 0 Å². The Morgan fingerprint density at radius 2 is 2.12 bits per heavy atom. The number of hydrogen-bond donors (Lipinski definition) is 2. The van der Waals surface area contributed by atoms with Gasteiger partial charge < -0.3 is 19.7 Å². The van der Waals surface area contributed by atoms with E-state index < -0.39 is 11.6 Å². The largest absolute Gasteiger partial charge is 0.458 e. The van der Waals surface area contributed by atoms with Crippen LogP contribution in [0.1, 0.15) is 35.7 Å². The summed E-state index contributed by atoms with van der Waals surface area (Å²) < 4.78 is 6.80. The average molecular weight is 350 g/mol. The average Bonchev–Trinajstić information content (AvgIpc) is 3.01. The third-order valence-electron chi connectivity index (χ3n) is 5.68. The predicted octanol–water partition coefficient (Wildman–Crippen LogP) is 1.90. The number of nitrogens with zero attached hydrogens (tertiary/aromatic N) is 1. The summed E-state index contributed by atoms with van der Waals surface area (Å²) in [7, 11) is 0. The number of allylic oxidation sites excluding steroid dienone is 1. The molecule has 0 fully saturated rings. The molecule has 0 unspecified atom stereocenters. The van der Waals surface area contributed by atoms with Crippen molar-refractivity contribution in [2.45, 2.75) is 38.5 Å². The molecule has 3 aliphatic rings. The van der Waals surface area contributed by atoms with Crippen molar-refractivity contribution >= 4 is 17.4 Å². The van der Waals surface area contributed by atoms with Gasteiger partial charge in [-0.1, -0.05) is 25.1 Å². The number of hydrogen-bond acceptors (Lipinski definition) is 5. The molecule has 0 amide bonds. The predicted molar refractivity (Wildman–Crippen MR) is 95.4 cm³/mol. The Hall–Kier alpha value is -2.86. The van der Waals surface area contributed by atoms with Gasteiger partial charge in [-0.2, -0.15) is 0 Å². The number of carbonyl (C=O) groups is 1. The number of cyclic esters (lactones) is 1. The summed E-state index contributed by atoms with van der Waals surface area (Å²) in [6.45, 7) is 2.13. The minimum absolute atomic E-state index is 0.0894. The summed E-state index contributed by atoms with van der Waals surface area (Å²) in [5.41, 5.74) is 3.76. The second kappa shape index (κ2) is 5.08. The van der Waals surface area contributed by atoms with Gasteiger partial charge in [-0.05, 0) is 36.1 Å². The molecule has 1 atom stereocenters. The van der Waals surface area contributed by atoms with Crippen molar-refractivity contribution in [3.8, 4) is 0 Å². The van der Waals surface area contributed by atoms with Crippen molar-refractivity contribution < 1.29 is 14.6 Å². The highest BCUT2D eigenvalue weighted by atomic mass is 16.6. The van der Waals surface area contributed by atoms with Gasteiger partial charge in [-0.25, -0.2) is 4.79 Å². The van der Waals surface area contributed by atoms with Crippen molar-refractivity contribution in [3.05, 3.63) is 68.6 Å². The number of para-hydroxylation sites is 1. The van der Waals surface area contributed by atoms with Crippen LogP contribution in [0.3, 0.4) is 0 Å². The monoisotopic (exact) mass is 350 g/mol. The molecular formula is C20H18N2O4. The number of pyridine rings is 1. The lowest BCUT2D eigenvalue weighted by Gasteiger charge is -2.32. The molecule has 0 saturated heterocycles. The lowest BCUT2D eigenvalue weighted by Crippen LogP contribution is -2.44. The Balaban J connectivity index is 1.70. The van der Waals surface area contributed by atoms with Crippen LogP contribution in [0.25, 0.3) is 5.70 Å². The molecule has 2 aromatic rings. The van der Waals surface area contributed by atoms with Gasteiger partial charge >= 0.3 is 5.97 Å². The fraction of sp³-hybridized carbons (Fsp3) is 0.300. The molecule has 1 aromatic carbocycles. The smallest absolute Gasteiger partial charge is 0.343 e. The lowest BCUT2D eigenvalue weighted by atomic mass is 9.86. The lowest BCUT2D eigenvalue weighted by molar-refractivity contribution is -0.172. The minimum atomic E-state index is -1.77. The van der Waals surface area contributed by atoms with Crippen LogP contribution >= 0.6 is 0 Å². The molecule has 3 aliphatic heterocycles. The molecule has 0 aliphatic carbocycles. The van der Waals surface area contributed by atoms with Crippen LogP contribution in [-0.4, -0.2) is 15.6 Å². The highest BCUT2D eigenvalue weighted by Gasteiger charge is 2.45. The number of aliphatic hydroxyl groups is 1. The molecule has 4 heterocycles. The molecule has 5 rings (SSSR count). The molecule has 2 N–H and O–H groups in total. The standard InChI is InChI=1S/C20H18N2O4/c1-2-20(25)14-8-16-17-12(7-11-5-3-4-6-15(11)21-17)9-22(16)18(23)13(14)10-26-19(20)24/h3-6,8,21,25H,2,7,9-10H2,1H3/t20-/m0/s1. The number of aromatic nitrogens is 1. The number of benzene rings is 1. The molecule has 6 heteroatoms. The molecule has 6 nitrogen and oxygen atoms in total. The van der Waals surface area contributed by atoms with E-state index in [9.17, 15) is 14.7 Å². The third kappa shape index (κ3) is 1.85. The SMILES string of the molecule is CC[C@@]1(O)C(=O)OCc2c1cc1n(c2=O)CC2=C1Nc1ccccc1C2. The van der Waals surface area contributed by atoms with Crippen LogP contribution in [-0.2, 0) is 34.7 Å². The minimum Gasteiger partial charge on any atom is -0.458 e. The zero-order chi connectivity index (χ0) is 18.1. The van der Waals surface area contributed by atoms with E-state index in [1.807, 2.05) is 18.2 Å². The maximum absolute atomic E-state index is 13.0. The highest BCUT2D eigenvalue weighted by Crippen LogP contribution is 2.40. The Labute approximate surface area is 149 Å². The van der Waals surface area contributed by atoms with Gasteiger partial charge in [0.2, 0.25) is 0 Å². The second-order valence-corrected chi connectivity index (χ2v) is 7.04. The molecule has 132 valence electrons. The fourth-order valence-corrected chi connectivity index (χ4v) is 4.17. The van der Waals surface area contributed by atoms with E-state index in [2.05, 4.69) is 11.4 Å². The Morgan fingerprint density at radius 3 is 2.92 bits per heavy atom. The number of fused-ring (bicyclic) bond motifs is 4. The maximum Gasteiger partial charge on any atom is 0.343 e. The molecule has 0 bridgehead atoms. The van der Waals surface area contributed by atoms with Gasteiger partial charge in [0.05, 0.1) is 17.0 Å². The van der Waals surface area contributed by atoms with Gasteiger partial charge in [-0.3, -0.25) is 4.79 Å². The Kier molecular flexibility index (Phi) is 3.01. The first-order valence-corrected chi connectivity index (χ1v) is 8.77. The van der Waals surface area contributed by atoms with Crippen LogP contribution in [0.15, 0.2) is 40.7 Å². The van der Waals surface area contributed by atoms with Crippen LogP contribution < -0.4 is 10.9 Å². The summed E-state index contributed by atoms with van der Waals surface area (Å²) in [6.07, 6.45) is 0.932. The summed E-state index contributed by atoms with van der Waals surface area (Å²) in [5, 5.41) is 14.3. The topological polar surface area (TPSA) is 80.6 Å². The maximum atomic E-state index is 13.0. The molecule has 0 spiro atoms. The van der Waals surface area contributed by atoms with E-state index in [0.717, 1.165) is 29.1 Å². The van der Waals surface area contributed by atoms with Crippen molar-refractivity contribution in [2.75, 3.05) is 5.32 Å². The number of nitrogens with one attached hydrogen (secondary N) is 1. The van der Waals surface area contributed by atoms with Crippen molar-refractivity contribution in [1.82, 2.24) is 4.57 Å². The molecule has 0 saturated carbocycles. The van der Waals surface area contributed by atoms with Gasteiger partial charge in [-0.15, -0.1) is 0 Å². The molecule has 1 aromatic heterocycles. The normalized spacial score (nSPS) is 22.8. The second-order valence-electron chi connectivity index (χ2n) is 7.04. The number of anilines is 1. The zero-order valence-electron chi connectivity index (χ0n) is 14.3. The first-order valence-electron chi connectivity index (χ1n) is 8.77. The van der Waals surface area contributed by atoms with E-state index in [1.54, 1.807) is 17.6 Å². The van der Waals surface area contributed by atoms with E-state index in [0.29, 0.717) is 17.7 Å². The molecule has 26 heavy (non-hydrogen) atoms.